The number of hydrogen-bond acceptors (Lipinski definition) is 2. The first-order valence-corrected chi connectivity index (χ1v) is 4.93. The third kappa shape index (κ3) is 1.56. The summed E-state index contributed by atoms with van der Waals surface area (Å²) in [6.45, 7) is 3.75. The Kier molecular flexibility index (Phi) is 2.33. The molecule has 0 amide bonds. The molecule has 0 aliphatic rings. The summed E-state index contributed by atoms with van der Waals surface area (Å²) in [5.41, 5.74) is 3.26. The fraction of sp³-hybridized carbons (Fsp3) is 0.200. The smallest absolute Gasteiger partial charge is 0.150 e. The van der Waals surface area contributed by atoms with Gasteiger partial charge in [0.2, 0.25) is 0 Å². The summed E-state index contributed by atoms with van der Waals surface area (Å²) in [5.74, 6) is 0. The number of aromatic nitrogens is 2. The number of aryl methyl sites for hydroxylation is 2. The van der Waals surface area contributed by atoms with Gasteiger partial charge in [0.1, 0.15) is 0 Å². The molecule has 0 aliphatic carbocycles. The van der Waals surface area contributed by atoms with E-state index in [1.807, 2.05) is 26.0 Å². The highest BCUT2D eigenvalue weighted by Gasteiger charge is 2.05. The van der Waals surface area contributed by atoms with Crippen LogP contribution in [0.3, 0.4) is 0 Å². The van der Waals surface area contributed by atoms with Gasteiger partial charge in [0.25, 0.3) is 0 Å². The van der Waals surface area contributed by atoms with E-state index in [9.17, 15) is 0 Å². The lowest BCUT2D eigenvalue weighted by Gasteiger charge is -2.03. The summed E-state index contributed by atoms with van der Waals surface area (Å²) in [4.78, 5) is 8.52. The Labute approximate surface area is 91.9 Å². The largest absolute Gasteiger partial charge is 0.248 e. The molecule has 2 aromatic rings. The summed E-state index contributed by atoms with van der Waals surface area (Å²) in [6, 6.07) is 3.69. The number of hydrogen-bond donors (Lipinski definition) is 0. The van der Waals surface area contributed by atoms with Crippen molar-refractivity contribution in [3.8, 4) is 0 Å². The third-order valence-electron chi connectivity index (χ3n) is 2.06. The van der Waals surface area contributed by atoms with Gasteiger partial charge in [-0.25, -0.2) is 9.97 Å². The Morgan fingerprint density at radius 2 is 1.64 bits per heavy atom. The van der Waals surface area contributed by atoms with Crippen LogP contribution in [-0.2, 0) is 0 Å². The lowest BCUT2D eigenvalue weighted by Crippen LogP contribution is -1.90. The van der Waals surface area contributed by atoms with Crippen LogP contribution in [0.5, 0.6) is 0 Å². The van der Waals surface area contributed by atoms with E-state index in [1.165, 1.54) is 0 Å². The van der Waals surface area contributed by atoms with Crippen molar-refractivity contribution >= 4 is 34.2 Å². The molecule has 2 nitrogen and oxygen atoms in total. The molecular formula is C10H8Cl2N2. The van der Waals surface area contributed by atoms with Crippen molar-refractivity contribution in [2.24, 2.45) is 0 Å². The van der Waals surface area contributed by atoms with Crippen molar-refractivity contribution in [2.45, 2.75) is 13.8 Å². The molecule has 0 saturated heterocycles. The first-order chi connectivity index (χ1) is 6.58. The van der Waals surface area contributed by atoms with Crippen molar-refractivity contribution < 1.29 is 0 Å². The van der Waals surface area contributed by atoms with Crippen LogP contribution < -0.4 is 0 Å². The summed E-state index contributed by atoms with van der Waals surface area (Å²) >= 11 is 11.9. The molecular weight excluding hydrogens is 219 g/mol. The van der Waals surface area contributed by atoms with Crippen LogP contribution in [-0.4, -0.2) is 9.97 Å². The Morgan fingerprint density at radius 3 is 2.36 bits per heavy atom. The van der Waals surface area contributed by atoms with Crippen LogP contribution in [0.25, 0.3) is 11.0 Å². The molecule has 72 valence electrons. The Bertz CT molecular complexity index is 420. The van der Waals surface area contributed by atoms with Gasteiger partial charge in [-0.3, -0.25) is 0 Å². The van der Waals surface area contributed by atoms with E-state index in [2.05, 4.69) is 9.97 Å². The van der Waals surface area contributed by atoms with Crippen molar-refractivity contribution in [1.29, 1.82) is 0 Å². The normalized spacial score (nSPS) is 10.9. The highest BCUT2D eigenvalue weighted by molar-refractivity contribution is 6.32. The topological polar surface area (TPSA) is 25.8 Å². The Hall–Kier alpha value is -0.860. The molecule has 0 fully saturated rings. The maximum absolute atomic E-state index is 5.98. The van der Waals surface area contributed by atoms with E-state index in [1.54, 1.807) is 0 Å². The van der Waals surface area contributed by atoms with Crippen LogP contribution in [0.2, 0.25) is 10.2 Å². The molecule has 0 radical (unpaired) electrons. The summed E-state index contributed by atoms with van der Waals surface area (Å²) in [5, 5.41) is 1.15. The first kappa shape index (κ1) is 9.69. The number of fused-ring (bicyclic) bond motifs is 1. The van der Waals surface area contributed by atoms with Crippen molar-refractivity contribution in [2.75, 3.05) is 0 Å². The maximum atomic E-state index is 5.98. The molecule has 2 rings (SSSR count). The molecule has 1 aromatic carbocycles. The summed E-state index contributed by atoms with van der Waals surface area (Å²) in [6.07, 6.45) is 0. The molecule has 0 N–H and O–H groups in total. The molecule has 1 heterocycles. The molecule has 0 saturated carbocycles. The van der Waals surface area contributed by atoms with Gasteiger partial charge in [-0.1, -0.05) is 23.2 Å². The fourth-order valence-corrected chi connectivity index (χ4v) is 1.54. The van der Waals surface area contributed by atoms with Crippen LogP contribution in [0.1, 0.15) is 11.3 Å². The SMILES string of the molecule is Cc1cc2nc(Cl)c(C)nc2cc1Cl. The standard InChI is InChI=1S/C10H8Cl2N2/c1-5-3-8-9(4-7(5)11)13-6(2)10(12)14-8/h3-4H,1-2H3. The number of halogens is 2. The molecule has 0 bridgehead atoms. The van der Waals surface area contributed by atoms with Crippen LogP contribution >= 0.6 is 23.2 Å². The lowest BCUT2D eigenvalue weighted by atomic mass is 10.2. The zero-order chi connectivity index (χ0) is 10.3. The van der Waals surface area contributed by atoms with E-state index in [-0.39, 0.29) is 0 Å². The molecule has 1 aromatic heterocycles. The molecule has 14 heavy (non-hydrogen) atoms. The minimum Gasteiger partial charge on any atom is -0.248 e. The van der Waals surface area contributed by atoms with Crippen molar-refractivity contribution in [3.05, 3.63) is 33.6 Å². The Morgan fingerprint density at radius 1 is 1.00 bits per heavy atom. The zero-order valence-electron chi connectivity index (χ0n) is 7.81. The van der Waals surface area contributed by atoms with Crippen LogP contribution in [0.4, 0.5) is 0 Å². The lowest BCUT2D eigenvalue weighted by molar-refractivity contribution is 1.18. The minimum absolute atomic E-state index is 0.444. The number of rotatable bonds is 0. The second kappa shape index (κ2) is 3.37. The second-order valence-electron chi connectivity index (χ2n) is 3.19. The highest BCUT2D eigenvalue weighted by Crippen LogP contribution is 2.23. The van der Waals surface area contributed by atoms with Gasteiger partial charge in [0.05, 0.1) is 16.7 Å². The van der Waals surface area contributed by atoms with E-state index in [4.69, 9.17) is 23.2 Å². The predicted molar refractivity (Wildman–Crippen MR) is 59.0 cm³/mol. The van der Waals surface area contributed by atoms with E-state index >= 15 is 0 Å². The summed E-state index contributed by atoms with van der Waals surface area (Å²) < 4.78 is 0. The third-order valence-corrected chi connectivity index (χ3v) is 2.83. The molecule has 0 atom stereocenters. The second-order valence-corrected chi connectivity index (χ2v) is 3.96. The molecule has 0 unspecified atom stereocenters. The van der Waals surface area contributed by atoms with E-state index < -0.39 is 0 Å². The highest BCUT2D eigenvalue weighted by atomic mass is 35.5. The van der Waals surface area contributed by atoms with Gasteiger partial charge >= 0.3 is 0 Å². The average Bonchev–Trinajstić information content (AvgIpc) is 2.11. The van der Waals surface area contributed by atoms with Gasteiger partial charge < -0.3 is 0 Å². The monoisotopic (exact) mass is 226 g/mol. The fourth-order valence-electron chi connectivity index (χ4n) is 1.25. The minimum atomic E-state index is 0.444. The molecule has 0 aliphatic heterocycles. The maximum Gasteiger partial charge on any atom is 0.150 e. The van der Waals surface area contributed by atoms with Crippen LogP contribution in [0.15, 0.2) is 12.1 Å². The van der Waals surface area contributed by atoms with Crippen molar-refractivity contribution in [1.82, 2.24) is 9.97 Å². The van der Waals surface area contributed by atoms with Gasteiger partial charge in [-0.15, -0.1) is 0 Å². The Balaban J connectivity index is 2.83. The first-order valence-electron chi connectivity index (χ1n) is 4.18. The van der Waals surface area contributed by atoms with Gasteiger partial charge in [-0.05, 0) is 31.5 Å². The van der Waals surface area contributed by atoms with Crippen molar-refractivity contribution in [3.63, 3.8) is 0 Å². The number of nitrogens with zero attached hydrogens (tertiary/aromatic N) is 2. The van der Waals surface area contributed by atoms with Gasteiger partial charge in [-0.2, -0.15) is 0 Å². The molecule has 0 spiro atoms. The van der Waals surface area contributed by atoms with E-state index in [0.29, 0.717) is 10.2 Å². The van der Waals surface area contributed by atoms with Gasteiger partial charge in [0, 0.05) is 5.02 Å². The average molecular weight is 227 g/mol. The van der Waals surface area contributed by atoms with E-state index in [0.717, 1.165) is 22.3 Å². The molecule has 4 heteroatoms. The number of benzene rings is 1. The van der Waals surface area contributed by atoms with Crippen LogP contribution in [0, 0.1) is 13.8 Å². The summed E-state index contributed by atoms with van der Waals surface area (Å²) in [7, 11) is 0. The predicted octanol–water partition coefficient (Wildman–Crippen LogP) is 3.55. The zero-order valence-corrected chi connectivity index (χ0v) is 9.32. The van der Waals surface area contributed by atoms with Gasteiger partial charge in [0.15, 0.2) is 5.15 Å². The quantitative estimate of drug-likeness (QED) is 0.687.